The van der Waals surface area contributed by atoms with Crippen molar-refractivity contribution in [2.24, 2.45) is 0 Å². The lowest BCUT2D eigenvalue weighted by Crippen LogP contribution is -2.60. The molecule has 0 spiro atoms. The van der Waals surface area contributed by atoms with Crippen molar-refractivity contribution in [2.45, 2.75) is 82.0 Å². The third-order valence-corrected chi connectivity index (χ3v) is 12.3. The van der Waals surface area contributed by atoms with Crippen molar-refractivity contribution < 1.29 is 52.3 Å². The predicted molar refractivity (Wildman–Crippen MR) is 262 cm³/mol. The lowest BCUT2D eigenvalue weighted by Gasteiger charge is -2.45. The summed E-state index contributed by atoms with van der Waals surface area (Å²) < 4.78 is 53.9. The number of ether oxygens (including phenoxy) is 8. The largest absolute Gasteiger partial charge is 0.452 e. The van der Waals surface area contributed by atoms with E-state index in [0.717, 1.165) is 33.5 Å². The fourth-order valence-corrected chi connectivity index (χ4v) is 8.64. The number of benzene rings is 6. The molecule has 7 aromatic rings. The Hall–Kier alpha value is -7.63. The topological polar surface area (TPSA) is 169 Å². The van der Waals surface area contributed by atoms with Crippen LogP contribution in [0.5, 0.6) is 0 Å². The van der Waals surface area contributed by atoms with Crippen LogP contribution in [0.1, 0.15) is 60.9 Å². The Morgan fingerprint density at radius 1 is 0.472 bits per heavy atom. The van der Waals surface area contributed by atoms with Gasteiger partial charge >= 0.3 is 17.6 Å². The summed E-state index contributed by atoms with van der Waals surface area (Å²) in [5.74, 6) is -2.54. The van der Waals surface area contributed by atoms with Crippen LogP contribution in [0.2, 0.25) is 0 Å². The molecular formula is C57H52N2O13. The van der Waals surface area contributed by atoms with Crippen molar-refractivity contribution in [3.8, 4) is 0 Å². The van der Waals surface area contributed by atoms with Crippen LogP contribution >= 0.6 is 0 Å². The van der Waals surface area contributed by atoms with Gasteiger partial charge in [0.15, 0.2) is 24.7 Å². The molecule has 15 nitrogen and oxygen atoms in total. The number of carbonyl (C=O) groups is 3. The van der Waals surface area contributed by atoms with Gasteiger partial charge in [0.25, 0.3) is 11.5 Å². The number of hydrogen-bond acceptors (Lipinski definition) is 13. The fourth-order valence-electron chi connectivity index (χ4n) is 8.64. The van der Waals surface area contributed by atoms with E-state index in [1.54, 1.807) is 66.7 Å². The molecule has 0 unspecified atom stereocenters. The minimum absolute atomic E-state index is 0.0688. The number of nitrogens with zero attached hydrogens (tertiary/aromatic N) is 2. The molecule has 0 bridgehead atoms. The second kappa shape index (κ2) is 23.5. The summed E-state index contributed by atoms with van der Waals surface area (Å²) in [5.41, 5.74) is 1.10. The second-order valence-corrected chi connectivity index (χ2v) is 17.2. The Balaban J connectivity index is 1.08. The SMILES string of the molecule is C[C@@H]1O[C@H](OC[C@H]2O[C@@H](n3ccc(=O)n(C(=O)c4ccccc4)c3=O)[C@H](OC(=O)c3ccccc3)[C@@H]2OC(=O)c2ccccc2)[C@H](OCc2ccccc2)[C@H](OCc2ccccc2)[C@H]1OCc1ccccc1. The average Bonchev–Trinajstić information content (AvgIpc) is 3.75. The first-order chi connectivity index (χ1) is 35.2. The highest BCUT2D eigenvalue weighted by Gasteiger charge is 2.53. The molecule has 2 aliphatic heterocycles. The normalized spacial score (nSPS) is 22.7. The van der Waals surface area contributed by atoms with Gasteiger partial charge in [-0.1, -0.05) is 146 Å². The van der Waals surface area contributed by atoms with Crippen molar-refractivity contribution in [1.82, 2.24) is 9.13 Å². The fraction of sp³-hybridized carbons (Fsp3) is 0.246. The number of rotatable bonds is 18. The quantitative estimate of drug-likeness (QED) is 0.0773. The van der Waals surface area contributed by atoms with Gasteiger partial charge in [-0.2, -0.15) is 4.57 Å². The van der Waals surface area contributed by atoms with Gasteiger partial charge in [-0.05, 0) is 60.0 Å². The molecular weight excluding hydrogens is 921 g/mol. The molecule has 15 heteroatoms. The summed E-state index contributed by atoms with van der Waals surface area (Å²) in [7, 11) is 0. The summed E-state index contributed by atoms with van der Waals surface area (Å²) in [5, 5.41) is 0. The van der Waals surface area contributed by atoms with Gasteiger partial charge in [-0.3, -0.25) is 14.2 Å². The molecule has 0 saturated carbocycles. The van der Waals surface area contributed by atoms with Crippen LogP contribution in [-0.2, 0) is 57.7 Å². The molecule has 0 amide bonds. The van der Waals surface area contributed by atoms with Gasteiger partial charge < -0.3 is 37.9 Å². The number of carbonyl (C=O) groups excluding carboxylic acids is 3. The first kappa shape index (κ1) is 49.4. The number of hydrogen-bond donors (Lipinski definition) is 0. The third kappa shape index (κ3) is 11.8. The summed E-state index contributed by atoms with van der Waals surface area (Å²) >= 11 is 0. The van der Waals surface area contributed by atoms with Crippen LogP contribution in [0.15, 0.2) is 204 Å². The van der Waals surface area contributed by atoms with Gasteiger partial charge in [0.05, 0.1) is 43.7 Å². The molecule has 2 saturated heterocycles. The standard InChI is InChI=1S/C57H52N2O13/c1-38-47(65-34-39-20-8-2-9-21-39)49(66-35-40-22-10-3-11-23-40)51(67-36-41-24-12-4-13-25-41)56(69-38)68-37-45-48(71-54(62)43-28-16-6-17-29-43)50(72-55(63)44-30-18-7-19-31-44)53(70-45)58-33-32-46(60)59(57(58)64)52(61)42-26-14-5-15-27-42/h2-33,38,45,47-51,53,56H,34-37H2,1H3/t38-,45+,47-,48+,49+,50+,51+,53+,56-/m0/s1. The minimum Gasteiger partial charge on any atom is -0.452 e. The van der Waals surface area contributed by atoms with Crippen LogP contribution in [0, 0.1) is 0 Å². The van der Waals surface area contributed by atoms with E-state index in [9.17, 15) is 24.0 Å². The zero-order valence-corrected chi connectivity index (χ0v) is 39.2. The van der Waals surface area contributed by atoms with Crippen LogP contribution in [0.25, 0.3) is 0 Å². The van der Waals surface area contributed by atoms with E-state index < -0.39 is 90.9 Å². The molecule has 9 atom stereocenters. The van der Waals surface area contributed by atoms with E-state index in [1.165, 1.54) is 24.3 Å². The molecule has 9 rings (SSSR count). The van der Waals surface area contributed by atoms with Gasteiger partial charge in [0, 0.05) is 17.8 Å². The highest BCUT2D eigenvalue weighted by atomic mass is 16.7. The average molecular weight is 973 g/mol. The second-order valence-electron chi connectivity index (χ2n) is 17.2. The summed E-state index contributed by atoms with van der Waals surface area (Å²) in [6.07, 6.45) is -8.98. The van der Waals surface area contributed by atoms with Gasteiger partial charge in [0.1, 0.15) is 24.4 Å². The van der Waals surface area contributed by atoms with E-state index in [1.807, 2.05) is 97.9 Å². The third-order valence-electron chi connectivity index (χ3n) is 12.3. The Labute approximate surface area is 415 Å². The lowest BCUT2D eigenvalue weighted by atomic mass is 9.98. The molecule has 1 aromatic heterocycles. The zero-order valence-electron chi connectivity index (χ0n) is 39.2. The van der Waals surface area contributed by atoms with Crippen molar-refractivity contribution in [3.05, 3.63) is 248 Å². The summed E-state index contributed by atoms with van der Waals surface area (Å²) in [6, 6.07) is 54.1. The predicted octanol–water partition coefficient (Wildman–Crippen LogP) is 7.56. The molecule has 2 fully saturated rings. The van der Waals surface area contributed by atoms with Gasteiger partial charge in [-0.25, -0.2) is 14.4 Å². The highest BCUT2D eigenvalue weighted by Crippen LogP contribution is 2.37. The molecule has 0 radical (unpaired) electrons. The molecule has 2 aliphatic rings. The van der Waals surface area contributed by atoms with E-state index >= 15 is 0 Å². The Morgan fingerprint density at radius 2 is 0.903 bits per heavy atom. The van der Waals surface area contributed by atoms with Gasteiger partial charge in [-0.15, -0.1) is 0 Å². The van der Waals surface area contributed by atoms with E-state index in [-0.39, 0.29) is 36.5 Å². The van der Waals surface area contributed by atoms with Crippen molar-refractivity contribution >= 4 is 17.8 Å². The maximum Gasteiger partial charge on any atom is 0.340 e. The first-order valence-corrected chi connectivity index (χ1v) is 23.6. The van der Waals surface area contributed by atoms with E-state index in [2.05, 4.69) is 0 Å². The molecule has 0 N–H and O–H groups in total. The molecule has 6 aromatic carbocycles. The van der Waals surface area contributed by atoms with Gasteiger partial charge in [0.2, 0.25) is 0 Å². The van der Waals surface area contributed by atoms with Crippen LogP contribution in [-0.4, -0.2) is 82.6 Å². The van der Waals surface area contributed by atoms with Crippen LogP contribution in [0.3, 0.4) is 0 Å². The summed E-state index contributed by atoms with van der Waals surface area (Å²) in [4.78, 5) is 69.7. The molecule has 72 heavy (non-hydrogen) atoms. The Kier molecular flexibility index (Phi) is 16.1. The number of aromatic nitrogens is 2. The van der Waals surface area contributed by atoms with E-state index in [4.69, 9.17) is 37.9 Å². The smallest absolute Gasteiger partial charge is 0.340 e. The van der Waals surface area contributed by atoms with Crippen LogP contribution < -0.4 is 11.2 Å². The van der Waals surface area contributed by atoms with E-state index in [0.29, 0.717) is 4.57 Å². The van der Waals surface area contributed by atoms with Crippen molar-refractivity contribution in [3.63, 3.8) is 0 Å². The van der Waals surface area contributed by atoms with Crippen LogP contribution in [0.4, 0.5) is 0 Å². The molecule has 0 aliphatic carbocycles. The Morgan fingerprint density at radius 3 is 1.40 bits per heavy atom. The maximum absolute atomic E-state index is 14.5. The highest BCUT2D eigenvalue weighted by molar-refractivity contribution is 5.95. The van der Waals surface area contributed by atoms with Crippen molar-refractivity contribution in [2.75, 3.05) is 6.61 Å². The lowest BCUT2D eigenvalue weighted by molar-refractivity contribution is -0.324. The first-order valence-electron chi connectivity index (χ1n) is 23.6. The minimum atomic E-state index is -1.59. The molecule has 3 heterocycles. The summed E-state index contributed by atoms with van der Waals surface area (Å²) in [6.45, 7) is 2.03. The van der Waals surface area contributed by atoms with Crippen molar-refractivity contribution in [1.29, 1.82) is 0 Å². The maximum atomic E-state index is 14.5. The molecule has 368 valence electrons. The number of esters is 2. The zero-order chi connectivity index (χ0) is 49.8. The Bertz CT molecular complexity index is 3000. The monoisotopic (exact) mass is 972 g/mol.